The molecule has 0 bridgehead atoms. The van der Waals surface area contributed by atoms with E-state index in [2.05, 4.69) is 4.98 Å². The Hall–Kier alpha value is -1.64. The molecule has 1 amide bonds. The molecule has 0 aromatic carbocycles. The first-order valence-corrected chi connectivity index (χ1v) is 6.72. The molecule has 0 atom stereocenters. The molecule has 9 heteroatoms. The number of hydrogen-bond acceptors (Lipinski definition) is 4. The first-order valence-electron chi connectivity index (χ1n) is 5.84. The third kappa shape index (κ3) is 3.09. The van der Waals surface area contributed by atoms with Gasteiger partial charge in [0.15, 0.2) is 5.69 Å². The Bertz CT molecular complexity index is 521. The van der Waals surface area contributed by atoms with E-state index in [1.165, 1.54) is 16.7 Å². The number of amides is 1. The minimum Gasteiger partial charge on any atom is -0.476 e. The van der Waals surface area contributed by atoms with Crippen LogP contribution in [-0.2, 0) is 4.79 Å². The number of nitrogens with zero attached hydrogens (tertiary/aromatic N) is 2. The van der Waals surface area contributed by atoms with Crippen molar-refractivity contribution in [3.8, 4) is 0 Å². The molecule has 0 spiro atoms. The summed E-state index contributed by atoms with van der Waals surface area (Å²) in [7, 11) is 0. The Kier molecular flexibility index (Phi) is 3.98. The minimum atomic E-state index is -4.84. The number of carbonyl (C=O) groups is 2. The van der Waals surface area contributed by atoms with Gasteiger partial charge in [0.25, 0.3) is 0 Å². The molecule has 1 fully saturated rings. The van der Waals surface area contributed by atoms with Crippen LogP contribution in [0.5, 0.6) is 0 Å². The van der Waals surface area contributed by atoms with E-state index in [0.717, 1.165) is 4.90 Å². The van der Waals surface area contributed by atoms with Gasteiger partial charge in [-0.3, -0.25) is 4.79 Å². The number of carbonyl (C=O) groups excluding carboxylic acids is 1. The number of aromatic carboxylic acids is 1. The monoisotopic (exact) mass is 308 g/mol. The van der Waals surface area contributed by atoms with Gasteiger partial charge in [0, 0.05) is 24.4 Å². The molecule has 0 saturated carbocycles. The minimum absolute atomic E-state index is 0.00496. The second-order valence-electron chi connectivity index (χ2n) is 4.44. The molecule has 1 aliphatic heterocycles. The van der Waals surface area contributed by atoms with Gasteiger partial charge in [-0.25, -0.2) is 9.78 Å². The van der Waals surface area contributed by atoms with Crippen molar-refractivity contribution in [2.75, 3.05) is 13.1 Å². The van der Waals surface area contributed by atoms with E-state index < -0.39 is 18.1 Å². The van der Waals surface area contributed by atoms with Gasteiger partial charge in [-0.15, -0.1) is 11.3 Å². The highest BCUT2D eigenvalue weighted by atomic mass is 32.1. The number of likely N-dealkylation sites (tertiary alicyclic amines) is 1. The predicted octanol–water partition coefficient (Wildman–Crippen LogP) is 2.11. The molecule has 0 radical (unpaired) electrons. The van der Waals surface area contributed by atoms with Gasteiger partial charge in [-0.05, 0) is 12.8 Å². The molecular weight excluding hydrogens is 297 g/mol. The number of piperidine rings is 1. The fourth-order valence-corrected chi connectivity index (χ4v) is 3.05. The molecular formula is C11H11F3N2O3S. The van der Waals surface area contributed by atoms with E-state index in [1.54, 1.807) is 0 Å². The second-order valence-corrected chi connectivity index (χ2v) is 5.33. The lowest BCUT2D eigenvalue weighted by Gasteiger charge is -2.31. The fourth-order valence-electron chi connectivity index (χ4n) is 2.08. The molecule has 0 aliphatic carbocycles. The molecule has 1 aromatic rings. The number of halogens is 3. The summed E-state index contributed by atoms with van der Waals surface area (Å²) in [6.45, 7) is 0.00991. The number of alkyl halides is 3. The first-order chi connectivity index (χ1) is 9.29. The fraction of sp³-hybridized carbons (Fsp3) is 0.545. The number of hydrogen-bond donors (Lipinski definition) is 1. The van der Waals surface area contributed by atoms with E-state index in [9.17, 15) is 22.8 Å². The van der Waals surface area contributed by atoms with Crippen molar-refractivity contribution in [2.45, 2.75) is 24.9 Å². The highest BCUT2D eigenvalue weighted by Gasteiger charge is 2.43. The van der Waals surface area contributed by atoms with Crippen molar-refractivity contribution in [3.63, 3.8) is 0 Å². The Morgan fingerprint density at radius 1 is 1.35 bits per heavy atom. The Morgan fingerprint density at radius 2 is 1.95 bits per heavy atom. The normalized spacial score (nSPS) is 17.2. The SMILES string of the molecule is O=C(O)c1csc(C2CCN(C(=O)C(F)(F)F)CC2)n1. The molecule has 20 heavy (non-hydrogen) atoms. The molecule has 5 nitrogen and oxygen atoms in total. The summed E-state index contributed by atoms with van der Waals surface area (Å²) in [5, 5.41) is 10.8. The van der Waals surface area contributed by atoms with Crippen molar-refractivity contribution >= 4 is 23.2 Å². The zero-order chi connectivity index (χ0) is 14.9. The predicted molar refractivity (Wildman–Crippen MR) is 63.7 cm³/mol. The van der Waals surface area contributed by atoms with Gasteiger partial charge in [-0.1, -0.05) is 0 Å². The van der Waals surface area contributed by atoms with Gasteiger partial charge in [0.05, 0.1) is 5.01 Å². The third-order valence-corrected chi connectivity index (χ3v) is 4.12. The molecule has 1 saturated heterocycles. The van der Waals surface area contributed by atoms with Crippen molar-refractivity contribution < 1.29 is 27.9 Å². The standard InChI is InChI=1S/C11H11F3N2O3S/c12-11(13,14)10(19)16-3-1-6(2-4-16)8-15-7(5-20-8)9(17)18/h5-6H,1-4H2,(H,17,18). The summed E-state index contributed by atoms with van der Waals surface area (Å²) in [5.41, 5.74) is -0.0567. The van der Waals surface area contributed by atoms with Crippen molar-refractivity contribution in [3.05, 3.63) is 16.1 Å². The maximum Gasteiger partial charge on any atom is 0.471 e. The van der Waals surface area contributed by atoms with Crippen LogP contribution in [0.2, 0.25) is 0 Å². The summed E-state index contributed by atoms with van der Waals surface area (Å²) >= 11 is 1.18. The largest absolute Gasteiger partial charge is 0.476 e. The third-order valence-electron chi connectivity index (χ3n) is 3.11. The molecule has 1 N–H and O–H groups in total. The van der Waals surface area contributed by atoms with Crippen LogP contribution >= 0.6 is 11.3 Å². The van der Waals surface area contributed by atoms with Crippen LogP contribution in [0.15, 0.2) is 5.38 Å². The molecule has 110 valence electrons. The Balaban J connectivity index is 1.97. The molecule has 0 unspecified atom stereocenters. The van der Waals surface area contributed by atoms with Crippen molar-refractivity contribution in [1.82, 2.24) is 9.88 Å². The quantitative estimate of drug-likeness (QED) is 0.908. The molecule has 1 aromatic heterocycles. The van der Waals surface area contributed by atoms with Crippen LogP contribution < -0.4 is 0 Å². The number of carboxylic acid groups (broad SMARTS) is 1. The summed E-state index contributed by atoms with van der Waals surface area (Å²) in [6.07, 6.45) is -4.13. The van der Waals surface area contributed by atoms with E-state index in [0.29, 0.717) is 17.8 Å². The lowest BCUT2D eigenvalue weighted by Crippen LogP contribution is -2.45. The second kappa shape index (κ2) is 5.39. The smallest absolute Gasteiger partial charge is 0.471 e. The van der Waals surface area contributed by atoms with Crippen LogP contribution in [0.3, 0.4) is 0 Å². The van der Waals surface area contributed by atoms with Crippen LogP contribution in [0.4, 0.5) is 13.2 Å². The lowest BCUT2D eigenvalue weighted by molar-refractivity contribution is -0.186. The summed E-state index contributed by atoms with van der Waals surface area (Å²) in [6, 6.07) is 0. The number of thiazole rings is 1. The van der Waals surface area contributed by atoms with E-state index >= 15 is 0 Å². The van der Waals surface area contributed by atoms with E-state index in [4.69, 9.17) is 5.11 Å². The van der Waals surface area contributed by atoms with Crippen LogP contribution in [0, 0.1) is 0 Å². The summed E-state index contributed by atoms with van der Waals surface area (Å²) in [4.78, 5) is 26.5. The highest BCUT2D eigenvalue weighted by Crippen LogP contribution is 2.31. The van der Waals surface area contributed by atoms with Gasteiger partial charge >= 0.3 is 18.1 Å². The van der Waals surface area contributed by atoms with E-state index in [1.807, 2.05) is 0 Å². The number of carboxylic acids is 1. The number of rotatable bonds is 2. The topological polar surface area (TPSA) is 70.5 Å². The van der Waals surface area contributed by atoms with Gasteiger partial charge in [0.1, 0.15) is 0 Å². The Labute approximate surface area is 116 Å². The van der Waals surface area contributed by atoms with E-state index in [-0.39, 0.29) is 24.7 Å². The Morgan fingerprint density at radius 3 is 2.40 bits per heavy atom. The molecule has 1 aliphatic rings. The summed E-state index contributed by atoms with van der Waals surface area (Å²) in [5.74, 6) is -3.04. The zero-order valence-corrected chi connectivity index (χ0v) is 11.0. The van der Waals surface area contributed by atoms with Gasteiger partial charge < -0.3 is 10.0 Å². The highest BCUT2D eigenvalue weighted by molar-refractivity contribution is 7.09. The molecule has 2 heterocycles. The average molecular weight is 308 g/mol. The zero-order valence-electron chi connectivity index (χ0n) is 10.2. The maximum atomic E-state index is 12.3. The average Bonchev–Trinajstić information content (AvgIpc) is 2.86. The number of aromatic nitrogens is 1. The van der Waals surface area contributed by atoms with Crippen molar-refractivity contribution in [1.29, 1.82) is 0 Å². The lowest BCUT2D eigenvalue weighted by atomic mass is 9.97. The van der Waals surface area contributed by atoms with Crippen molar-refractivity contribution in [2.24, 2.45) is 0 Å². The van der Waals surface area contributed by atoms with Crippen LogP contribution in [-0.4, -0.2) is 46.1 Å². The first kappa shape index (κ1) is 14.8. The van der Waals surface area contributed by atoms with Gasteiger partial charge in [-0.2, -0.15) is 13.2 Å². The van der Waals surface area contributed by atoms with Crippen LogP contribution in [0.1, 0.15) is 34.3 Å². The summed E-state index contributed by atoms with van der Waals surface area (Å²) < 4.78 is 36.8. The molecule has 2 rings (SSSR count). The maximum absolute atomic E-state index is 12.3. The van der Waals surface area contributed by atoms with Crippen LogP contribution in [0.25, 0.3) is 0 Å². The van der Waals surface area contributed by atoms with Gasteiger partial charge in [0.2, 0.25) is 0 Å².